The van der Waals surface area contributed by atoms with Gasteiger partial charge in [0, 0.05) is 14.2 Å². The van der Waals surface area contributed by atoms with E-state index in [1.165, 1.54) is 14.2 Å². The molecule has 0 saturated carbocycles. The fourth-order valence-corrected chi connectivity index (χ4v) is 0.0833. The third-order valence-electron chi connectivity index (χ3n) is 0.321. The molecule has 2 nitrogen and oxygen atoms in total. The zero-order valence-electron chi connectivity index (χ0n) is 3.69. The van der Waals surface area contributed by atoms with Crippen molar-refractivity contribution in [2.75, 3.05) is 14.2 Å². The lowest BCUT2D eigenvalue weighted by atomic mass is 11.3. The Hall–Kier alpha value is -0.150. The molecule has 0 aliphatic rings. The molecule has 0 aromatic carbocycles. The number of rotatable bonds is 2. The molecule has 0 unspecified atom stereocenters. The van der Waals surface area contributed by atoms with Crippen molar-refractivity contribution in [2.45, 2.75) is 0 Å². The van der Waals surface area contributed by atoms with E-state index < -0.39 is 6.54 Å². The molecule has 0 aliphatic carbocycles. The molecular weight excluding hydrogens is 87.0 g/mol. The van der Waals surface area contributed by atoms with Crippen LogP contribution in [-0.4, -0.2) is 14.2 Å². The zero-order valence-corrected chi connectivity index (χ0v) is 3.69. The van der Waals surface area contributed by atoms with Crippen LogP contribution in [0.4, 0.5) is 4.39 Å². The number of ether oxygens (including phenoxy) is 2. The quantitative estimate of drug-likeness (QED) is 0.500. The van der Waals surface area contributed by atoms with E-state index in [4.69, 9.17) is 0 Å². The van der Waals surface area contributed by atoms with E-state index in [2.05, 4.69) is 9.47 Å². The average molecular weight is 93.1 g/mol. The molecule has 0 heterocycles. The van der Waals surface area contributed by atoms with Crippen LogP contribution in [0.5, 0.6) is 0 Å². The highest BCUT2D eigenvalue weighted by molar-refractivity contribution is 4.32. The fourth-order valence-electron chi connectivity index (χ4n) is 0.0833. The van der Waals surface area contributed by atoms with Gasteiger partial charge in [0.15, 0.2) is 0 Å². The summed E-state index contributed by atoms with van der Waals surface area (Å²) < 4.78 is 19.2. The Morgan fingerprint density at radius 2 is 1.67 bits per heavy atom. The third kappa shape index (κ3) is 2.11. The number of hydrogen-bond acceptors (Lipinski definition) is 2. The van der Waals surface area contributed by atoms with E-state index in [-0.39, 0.29) is 0 Å². The number of methoxy groups -OCH3 is 2. The van der Waals surface area contributed by atoms with Gasteiger partial charge in [-0.25, -0.2) is 0 Å². The van der Waals surface area contributed by atoms with Gasteiger partial charge in [0.05, 0.1) is 0 Å². The first-order valence-corrected chi connectivity index (χ1v) is 1.41. The Labute approximate surface area is 35.9 Å². The summed E-state index contributed by atoms with van der Waals surface area (Å²) in [5.74, 6) is 0. The molecule has 0 rings (SSSR count). The minimum Gasteiger partial charge on any atom is -0.321 e. The normalized spacial score (nSPS) is 10.0. The summed E-state index contributed by atoms with van der Waals surface area (Å²) in [4.78, 5) is 0. The maximum absolute atomic E-state index is 11.3. The van der Waals surface area contributed by atoms with Gasteiger partial charge in [-0.1, -0.05) is 0 Å². The van der Waals surface area contributed by atoms with Gasteiger partial charge in [0.25, 0.3) is 0 Å². The van der Waals surface area contributed by atoms with Gasteiger partial charge in [-0.3, -0.25) is 0 Å². The average Bonchev–Trinajstić information content (AvgIpc) is 1.65. The molecule has 0 atom stereocenters. The summed E-state index contributed by atoms with van der Waals surface area (Å²) in [6.45, 7) is -0.907. The van der Waals surface area contributed by atoms with Gasteiger partial charge in [-0.05, 0) is 0 Å². The van der Waals surface area contributed by atoms with E-state index in [0.717, 1.165) is 0 Å². The minimum atomic E-state index is -0.907. The topological polar surface area (TPSA) is 18.5 Å². The fraction of sp³-hybridized carbons (Fsp3) is 0.667. The largest absolute Gasteiger partial charge is 0.409 e. The Balaban J connectivity index is 2.75. The van der Waals surface area contributed by atoms with E-state index in [1.54, 1.807) is 0 Å². The SMILES string of the molecule is CO[C](F)OC. The summed E-state index contributed by atoms with van der Waals surface area (Å²) in [6.07, 6.45) is 0. The summed E-state index contributed by atoms with van der Waals surface area (Å²) in [5, 5.41) is 0. The van der Waals surface area contributed by atoms with Crippen LogP contribution in [-0.2, 0) is 9.47 Å². The highest BCUT2D eigenvalue weighted by Gasteiger charge is 1.99. The molecule has 0 fully saturated rings. The van der Waals surface area contributed by atoms with Gasteiger partial charge in [-0.2, -0.15) is 4.39 Å². The molecule has 0 aromatic heterocycles. The van der Waals surface area contributed by atoms with Crippen molar-refractivity contribution in [3.63, 3.8) is 0 Å². The minimum absolute atomic E-state index is 0.907. The molecule has 0 N–H and O–H groups in total. The lowest BCUT2D eigenvalue weighted by Gasteiger charge is -1.94. The smallest absolute Gasteiger partial charge is 0.321 e. The van der Waals surface area contributed by atoms with E-state index in [9.17, 15) is 4.39 Å². The third-order valence-corrected chi connectivity index (χ3v) is 0.321. The van der Waals surface area contributed by atoms with Crippen molar-refractivity contribution in [1.29, 1.82) is 0 Å². The predicted molar refractivity (Wildman–Crippen MR) is 18.4 cm³/mol. The molecular formula is C3H6FO2. The van der Waals surface area contributed by atoms with Gasteiger partial charge < -0.3 is 9.47 Å². The van der Waals surface area contributed by atoms with Crippen molar-refractivity contribution < 1.29 is 13.9 Å². The second-order valence-electron chi connectivity index (χ2n) is 0.646. The van der Waals surface area contributed by atoms with Crippen molar-refractivity contribution in [3.05, 3.63) is 6.54 Å². The van der Waals surface area contributed by atoms with Crippen LogP contribution < -0.4 is 0 Å². The van der Waals surface area contributed by atoms with Crippen molar-refractivity contribution in [2.24, 2.45) is 0 Å². The molecule has 37 valence electrons. The number of halogens is 1. The Kier molecular flexibility index (Phi) is 2.98. The van der Waals surface area contributed by atoms with Crippen LogP contribution in [0.25, 0.3) is 0 Å². The first-order valence-electron chi connectivity index (χ1n) is 1.41. The van der Waals surface area contributed by atoms with Crippen LogP contribution >= 0.6 is 0 Å². The molecule has 0 saturated heterocycles. The summed E-state index contributed by atoms with van der Waals surface area (Å²) in [6, 6.07) is 0. The first-order chi connectivity index (χ1) is 2.81. The summed E-state index contributed by atoms with van der Waals surface area (Å²) in [5.41, 5.74) is 0. The van der Waals surface area contributed by atoms with Crippen LogP contribution in [0.3, 0.4) is 0 Å². The maximum atomic E-state index is 11.3. The molecule has 1 radical (unpaired) electrons. The first kappa shape index (κ1) is 5.85. The molecule has 3 heteroatoms. The molecule has 6 heavy (non-hydrogen) atoms. The Morgan fingerprint density at radius 1 is 1.33 bits per heavy atom. The monoisotopic (exact) mass is 93.0 g/mol. The molecule has 0 amide bonds. The second-order valence-corrected chi connectivity index (χ2v) is 0.646. The maximum Gasteiger partial charge on any atom is 0.409 e. The Morgan fingerprint density at radius 3 is 1.67 bits per heavy atom. The van der Waals surface area contributed by atoms with Gasteiger partial charge in [0.2, 0.25) is 0 Å². The zero-order chi connectivity index (χ0) is 4.99. The highest BCUT2D eigenvalue weighted by Crippen LogP contribution is 1.98. The van der Waals surface area contributed by atoms with Crippen LogP contribution in [0.1, 0.15) is 0 Å². The lowest BCUT2D eigenvalue weighted by Crippen LogP contribution is -1.92. The van der Waals surface area contributed by atoms with Crippen molar-refractivity contribution in [3.8, 4) is 0 Å². The van der Waals surface area contributed by atoms with Gasteiger partial charge in [-0.15, -0.1) is 0 Å². The molecule has 0 bridgehead atoms. The van der Waals surface area contributed by atoms with Crippen LogP contribution in [0, 0.1) is 6.54 Å². The van der Waals surface area contributed by atoms with E-state index in [0.29, 0.717) is 0 Å². The lowest BCUT2D eigenvalue weighted by molar-refractivity contribution is -0.0753. The van der Waals surface area contributed by atoms with E-state index in [1.807, 2.05) is 0 Å². The second kappa shape index (κ2) is 3.06. The summed E-state index contributed by atoms with van der Waals surface area (Å²) >= 11 is 0. The molecule has 0 spiro atoms. The summed E-state index contributed by atoms with van der Waals surface area (Å²) in [7, 11) is 2.39. The van der Waals surface area contributed by atoms with Gasteiger partial charge in [0.1, 0.15) is 0 Å². The number of hydrogen-bond donors (Lipinski definition) is 0. The van der Waals surface area contributed by atoms with Gasteiger partial charge >= 0.3 is 6.54 Å². The van der Waals surface area contributed by atoms with E-state index >= 15 is 0 Å². The van der Waals surface area contributed by atoms with Crippen molar-refractivity contribution in [1.82, 2.24) is 0 Å². The standard InChI is InChI=1S/C3H6FO2/c1-5-3(4)6-2/h1-2H3. The van der Waals surface area contributed by atoms with Crippen molar-refractivity contribution >= 4 is 0 Å². The predicted octanol–water partition coefficient (Wildman–Crippen LogP) is 0.696. The molecule has 0 aromatic rings. The molecule has 0 aliphatic heterocycles. The van der Waals surface area contributed by atoms with Crippen LogP contribution in [0.15, 0.2) is 0 Å². The Bertz CT molecular complexity index is 28.0. The highest BCUT2D eigenvalue weighted by atomic mass is 19.2. The van der Waals surface area contributed by atoms with Crippen LogP contribution in [0.2, 0.25) is 0 Å².